The second-order valence-electron chi connectivity index (χ2n) is 3.70. The van der Waals surface area contributed by atoms with E-state index in [0.717, 1.165) is 23.4 Å². The zero-order valence-electron chi connectivity index (χ0n) is 9.30. The number of imidazole rings is 1. The van der Waals surface area contributed by atoms with Crippen LogP contribution in [0.15, 0.2) is 18.5 Å². The fraction of sp³-hybridized carbons (Fsp3) is 0.455. The largest absolute Gasteiger partial charge is 0.396 e. The highest BCUT2D eigenvalue weighted by atomic mass is 16.3. The van der Waals surface area contributed by atoms with Gasteiger partial charge in [0.2, 0.25) is 0 Å². The number of aliphatic hydroxyl groups excluding tert-OH is 1. The van der Waals surface area contributed by atoms with E-state index in [0.29, 0.717) is 6.42 Å². The molecule has 1 unspecified atom stereocenters. The molecular formula is C11H16N4O. The highest BCUT2D eigenvalue weighted by molar-refractivity contribution is 5.74. The Morgan fingerprint density at radius 2 is 2.38 bits per heavy atom. The molecular weight excluding hydrogens is 204 g/mol. The molecule has 5 heteroatoms. The van der Waals surface area contributed by atoms with Crippen LogP contribution < -0.4 is 5.73 Å². The van der Waals surface area contributed by atoms with Gasteiger partial charge in [-0.2, -0.15) is 0 Å². The summed E-state index contributed by atoms with van der Waals surface area (Å²) < 4.78 is 2.07. The molecule has 2 heterocycles. The van der Waals surface area contributed by atoms with Crippen LogP contribution in [0.1, 0.15) is 25.2 Å². The number of aromatic nitrogens is 3. The molecule has 0 aliphatic carbocycles. The van der Waals surface area contributed by atoms with Crippen molar-refractivity contribution in [1.29, 1.82) is 0 Å². The molecule has 2 rings (SSSR count). The van der Waals surface area contributed by atoms with E-state index in [1.165, 1.54) is 0 Å². The molecule has 0 amide bonds. The van der Waals surface area contributed by atoms with Crippen LogP contribution in [0.2, 0.25) is 0 Å². The molecule has 0 bridgehead atoms. The minimum Gasteiger partial charge on any atom is -0.396 e. The third-order valence-electron chi connectivity index (χ3n) is 2.67. The van der Waals surface area contributed by atoms with Crippen molar-refractivity contribution >= 4 is 11.0 Å². The summed E-state index contributed by atoms with van der Waals surface area (Å²) in [7, 11) is 0. The number of rotatable bonds is 4. The summed E-state index contributed by atoms with van der Waals surface area (Å²) in [6.07, 6.45) is 4.00. The van der Waals surface area contributed by atoms with Crippen LogP contribution in [-0.4, -0.2) is 26.2 Å². The van der Waals surface area contributed by atoms with Gasteiger partial charge in [-0.25, -0.2) is 4.98 Å². The molecule has 2 aromatic rings. The second kappa shape index (κ2) is 4.59. The average molecular weight is 220 g/mol. The minimum absolute atomic E-state index is 0.0757. The number of hydrogen-bond acceptors (Lipinski definition) is 4. The van der Waals surface area contributed by atoms with Crippen molar-refractivity contribution in [2.45, 2.75) is 25.9 Å². The third-order valence-corrected chi connectivity index (χ3v) is 2.67. The van der Waals surface area contributed by atoms with Crippen molar-refractivity contribution in [2.24, 2.45) is 5.73 Å². The molecule has 0 saturated carbocycles. The van der Waals surface area contributed by atoms with Gasteiger partial charge >= 0.3 is 0 Å². The zero-order chi connectivity index (χ0) is 11.5. The molecule has 86 valence electrons. The molecule has 16 heavy (non-hydrogen) atoms. The zero-order valence-corrected chi connectivity index (χ0v) is 9.30. The van der Waals surface area contributed by atoms with Gasteiger partial charge in [0, 0.05) is 19.3 Å². The summed E-state index contributed by atoms with van der Waals surface area (Å²) in [5, 5.41) is 8.91. The molecule has 0 fully saturated rings. The molecule has 0 saturated heterocycles. The van der Waals surface area contributed by atoms with Gasteiger partial charge in [-0.1, -0.05) is 0 Å². The van der Waals surface area contributed by atoms with Gasteiger partial charge in [0.15, 0.2) is 0 Å². The van der Waals surface area contributed by atoms with Crippen molar-refractivity contribution in [3.05, 3.63) is 24.3 Å². The van der Waals surface area contributed by atoms with Crippen molar-refractivity contribution in [3.63, 3.8) is 0 Å². The highest BCUT2D eigenvalue weighted by Gasteiger charge is 2.15. The van der Waals surface area contributed by atoms with Gasteiger partial charge < -0.3 is 15.4 Å². The van der Waals surface area contributed by atoms with E-state index < -0.39 is 0 Å². The number of aryl methyl sites for hydroxylation is 1. The lowest BCUT2D eigenvalue weighted by Crippen LogP contribution is -2.17. The summed E-state index contributed by atoms with van der Waals surface area (Å²) in [6.45, 7) is 2.94. The fourth-order valence-corrected chi connectivity index (χ4v) is 1.88. The Kier molecular flexibility index (Phi) is 3.17. The molecule has 2 aromatic heterocycles. The maximum Gasteiger partial charge on any atom is 0.127 e. The molecule has 1 atom stereocenters. The van der Waals surface area contributed by atoms with Gasteiger partial charge in [0.1, 0.15) is 11.3 Å². The Balaban J connectivity index is 2.51. The SMILES string of the molecule is CCn1c(C(N)CCO)nc2cnccc21. The Hall–Kier alpha value is -1.46. The Labute approximate surface area is 93.9 Å². The van der Waals surface area contributed by atoms with Gasteiger partial charge in [0.25, 0.3) is 0 Å². The highest BCUT2D eigenvalue weighted by Crippen LogP contribution is 2.20. The molecule has 0 aliphatic heterocycles. The van der Waals surface area contributed by atoms with Crippen molar-refractivity contribution in [3.8, 4) is 0 Å². The van der Waals surface area contributed by atoms with Crippen molar-refractivity contribution < 1.29 is 5.11 Å². The average Bonchev–Trinajstić information content (AvgIpc) is 2.67. The number of hydrogen-bond donors (Lipinski definition) is 2. The summed E-state index contributed by atoms with van der Waals surface area (Å²) in [6, 6.07) is 1.71. The fourth-order valence-electron chi connectivity index (χ4n) is 1.88. The van der Waals surface area contributed by atoms with Gasteiger partial charge in [0.05, 0.1) is 17.8 Å². The van der Waals surface area contributed by atoms with E-state index in [4.69, 9.17) is 10.8 Å². The van der Waals surface area contributed by atoms with E-state index in [1.54, 1.807) is 12.4 Å². The topological polar surface area (TPSA) is 77.0 Å². The molecule has 5 nitrogen and oxygen atoms in total. The first-order valence-corrected chi connectivity index (χ1v) is 5.44. The Morgan fingerprint density at radius 1 is 1.56 bits per heavy atom. The lowest BCUT2D eigenvalue weighted by molar-refractivity contribution is 0.273. The van der Waals surface area contributed by atoms with Crippen LogP contribution in [-0.2, 0) is 6.54 Å². The minimum atomic E-state index is -0.225. The molecule has 3 N–H and O–H groups in total. The van der Waals surface area contributed by atoms with E-state index in [2.05, 4.69) is 21.5 Å². The summed E-state index contributed by atoms with van der Waals surface area (Å²) in [5.74, 6) is 0.819. The number of nitrogens with zero attached hydrogens (tertiary/aromatic N) is 3. The maximum absolute atomic E-state index is 8.91. The quantitative estimate of drug-likeness (QED) is 0.800. The summed E-state index contributed by atoms with van der Waals surface area (Å²) >= 11 is 0. The lowest BCUT2D eigenvalue weighted by Gasteiger charge is -2.11. The van der Waals surface area contributed by atoms with E-state index in [-0.39, 0.29) is 12.6 Å². The van der Waals surface area contributed by atoms with Crippen LogP contribution in [0, 0.1) is 0 Å². The van der Waals surface area contributed by atoms with Crippen LogP contribution in [0.5, 0.6) is 0 Å². The predicted octanol–water partition coefficient (Wildman–Crippen LogP) is 0.833. The van der Waals surface area contributed by atoms with Gasteiger partial charge in [-0.15, -0.1) is 0 Å². The number of pyridine rings is 1. The van der Waals surface area contributed by atoms with Crippen molar-refractivity contribution in [1.82, 2.24) is 14.5 Å². The maximum atomic E-state index is 8.91. The van der Waals surface area contributed by atoms with Crippen LogP contribution >= 0.6 is 0 Å². The first kappa shape index (κ1) is 11.0. The molecule has 0 radical (unpaired) electrons. The number of aliphatic hydroxyl groups is 1. The molecule has 0 spiro atoms. The first-order valence-electron chi connectivity index (χ1n) is 5.44. The predicted molar refractivity (Wildman–Crippen MR) is 61.8 cm³/mol. The van der Waals surface area contributed by atoms with Crippen LogP contribution in [0.25, 0.3) is 11.0 Å². The Bertz CT molecular complexity index is 480. The Morgan fingerprint density at radius 3 is 3.06 bits per heavy atom. The smallest absolute Gasteiger partial charge is 0.127 e. The lowest BCUT2D eigenvalue weighted by atomic mass is 10.2. The number of nitrogens with two attached hydrogens (primary N) is 1. The molecule has 0 aliphatic rings. The first-order chi connectivity index (χ1) is 7.77. The second-order valence-corrected chi connectivity index (χ2v) is 3.70. The van der Waals surface area contributed by atoms with E-state index >= 15 is 0 Å². The van der Waals surface area contributed by atoms with Gasteiger partial charge in [-0.05, 0) is 19.4 Å². The van der Waals surface area contributed by atoms with E-state index in [9.17, 15) is 0 Å². The monoisotopic (exact) mass is 220 g/mol. The van der Waals surface area contributed by atoms with Crippen LogP contribution in [0.3, 0.4) is 0 Å². The van der Waals surface area contributed by atoms with E-state index in [1.807, 2.05) is 6.07 Å². The van der Waals surface area contributed by atoms with Crippen LogP contribution in [0.4, 0.5) is 0 Å². The third kappa shape index (κ3) is 1.79. The van der Waals surface area contributed by atoms with Gasteiger partial charge in [-0.3, -0.25) is 4.98 Å². The van der Waals surface area contributed by atoms with Crippen molar-refractivity contribution in [2.75, 3.05) is 6.61 Å². The normalized spacial score (nSPS) is 13.2. The molecule has 0 aromatic carbocycles. The summed E-state index contributed by atoms with van der Waals surface area (Å²) in [5.41, 5.74) is 7.88. The standard InChI is InChI=1S/C11H16N4O/c1-2-15-10-3-5-13-7-9(10)14-11(15)8(12)4-6-16/h3,5,7-8,16H,2,4,6,12H2,1H3. The number of fused-ring (bicyclic) bond motifs is 1. The summed E-state index contributed by atoms with van der Waals surface area (Å²) in [4.78, 5) is 8.51.